The maximum atomic E-state index is 14.9. The SMILES string of the molecule is C=CCC(O)(c1ccc(F)cc1F)C(F)(F)c1ccc(Br)cn1. The summed E-state index contributed by atoms with van der Waals surface area (Å²) in [6, 6.07) is 4.37. The van der Waals surface area contributed by atoms with E-state index >= 15 is 0 Å². The Morgan fingerprint density at radius 1 is 1.22 bits per heavy atom. The molecule has 1 unspecified atom stereocenters. The van der Waals surface area contributed by atoms with Crippen LogP contribution in [0.15, 0.2) is 53.7 Å². The molecule has 0 saturated carbocycles. The summed E-state index contributed by atoms with van der Waals surface area (Å²) < 4.78 is 57.2. The highest BCUT2D eigenvalue weighted by Gasteiger charge is 2.56. The quantitative estimate of drug-likeness (QED) is 0.594. The Labute approximate surface area is 138 Å². The molecule has 1 aromatic heterocycles. The molecule has 2 aromatic rings. The van der Waals surface area contributed by atoms with Crippen molar-refractivity contribution in [2.24, 2.45) is 0 Å². The van der Waals surface area contributed by atoms with Gasteiger partial charge in [-0.2, -0.15) is 8.78 Å². The van der Waals surface area contributed by atoms with Gasteiger partial charge in [0.05, 0.1) is 0 Å². The topological polar surface area (TPSA) is 33.1 Å². The lowest BCUT2D eigenvalue weighted by Gasteiger charge is -2.35. The van der Waals surface area contributed by atoms with Gasteiger partial charge in [0.1, 0.15) is 17.3 Å². The summed E-state index contributed by atoms with van der Waals surface area (Å²) in [5, 5.41) is 10.6. The molecule has 0 amide bonds. The number of rotatable bonds is 5. The zero-order chi connectivity index (χ0) is 17.3. The third-order valence-electron chi connectivity index (χ3n) is 3.38. The van der Waals surface area contributed by atoms with Gasteiger partial charge in [0.15, 0.2) is 5.60 Å². The van der Waals surface area contributed by atoms with Gasteiger partial charge in [-0.1, -0.05) is 12.1 Å². The van der Waals surface area contributed by atoms with Crippen LogP contribution in [-0.2, 0) is 11.5 Å². The zero-order valence-corrected chi connectivity index (χ0v) is 13.3. The number of nitrogens with zero attached hydrogens (tertiary/aromatic N) is 1. The van der Waals surface area contributed by atoms with Gasteiger partial charge in [-0.25, -0.2) is 8.78 Å². The first-order chi connectivity index (χ1) is 10.7. The average Bonchev–Trinajstić information content (AvgIpc) is 2.47. The number of aliphatic hydroxyl groups is 1. The first-order valence-electron chi connectivity index (χ1n) is 6.51. The second-order valence-electron chi connectivity index (χ2n) is 4.91. The molecule has 0 saturated heterocycles. The van der Waals surface area contributed by atoms with E-state index in [1.807, 2.05) is 0 Å². The van der Waals surface area contributed by atoms with Crippen LogP contribution in [0.5, 0.6) is 0 Å². The Morgan fingerprint density at radius 2 is 1.91 bits per heavy atom. The fourth-order valence-corrected chi connectivity index (χ4v) is 2.45. The molecule has 2 rings (SSSR count). The zero-order valence-electron chi connectivity index (χ0n) is 11.7. The number of hydrogen-bond donors (Lipinski definition) is 1. The van der Waals surface area contributed by atoms with Crippen molar-refractivity contribution in [1.82, 2.24) is 4.98 Å². The molecule has 0 bridgehead atoms. The van der Waals surface area contributed by atoms with E-state index in [9.17, 15) is 22.7 Å². The summed E-state index contributed by atoms with van der Waals surface area (Å²) in [5.41, 5.74) is -4.42. The second kappa shape index (κ2) is 6.41. The summed E-state index contributed by atoms with van der Waals surface area (Å²) in [5.74, 6) is -6.14. The second-order valence-corrected chi connectivity index (χ2v) is 5.83. The van der Waals surface area contributed by atoms with Crippen molar-refractivity contribution in [3.63, 3.8) is 0 Å². The Bertz CT molecular complexity index is 721. The summed E-state index contributed by atoms with van der Waals surface area (Å²) in [6.45, 7) is 3.32. The average molecular weight is 390 g/mol. The van der Waals surface area contributed by atoms with E-state index in [0.717, 1.165) is 30.5 Å². The minimum absolute atomic E-state index is 0.439. The third-order valence-corrected chi connectivity index (χ3v) is 3.85. The fraction of sp³-hybridized carbons (Fsp3) is 0.188. The lowest BCUT2D eigenvalue weighted by Crippen LogP contribution is -2.44. The summed E-state index contributed by atoms with van der Waals surface area (Å²) in [7, 11) is 0. The number of pyridine rings is 1. The lowest BCUT2D eigenvalue weighted by atomic mass is 9.82. The summed E-state index contributed by atoms with van der Waals surface area (Å²) in [6.07, 6.45) is 1.52. The molecule has 0 radical (unpaired) electrons. The maximum absolute atomic E-state index is 14.9. The Balaban J connectivity index is 2.63. The van der Waals surface area contributed by atoms with E-state index in [1.54, 1.807) is 0 Å². The van der Waals surface area contributed by atoms with Crippen molar-refractivity contribution >= 4 is 15.9 Å². The Kier molecular flexibility index (Phi) is 4.91. The molecule has 1 atom stereocenters. The predicted octanol–water partition coefficient (Wildman–Crippen LogP) is 4.68. The van der Waals surface area contributed by atoms with Crippen LogP contribution >= 0.6 is 15.9 Å². The standard InChI is InChI=1S/C16H12BrF4NO/c1-2-7-15(23,12-5-4-11(18)8-13(12)19)16(20,21)14-6-3-10(17)9-22-14/h2-6,8-9,23H,1,7H2. The molecule has 0 fully saturated rings. The van der Waals surface area contributed by atoms with Crippen LogP contribution in [0, 0.1) is 11.6 Å². The molecule has 0 spiro atoms. The lowest BCUT2D eigenvalue weighted by molar-refractivity contribution is -0.197. The summed E-state index contributed by atoms with van der Waals surface area (Å²) >= 11 is 3.07. The van der Waals surface area contributed by atoms with Crippen molar-refractivity contribution < 1.29 is 22.7 Å². The molecule has 0 aliphatic heterocycles. The van der Waals surface area contributed by atoms with E-state index in [4.69, 9.17) is 0 Å². The Hall–Kier alpha value is -1.73. The maximum Gasteiger partial charge on any atom is 0.322 e. The molecular weight excluding hydrogens is 378 g/mol. The van der Waals surface area contributed by atoms with E-state index in [-0.39, 0.29) is 0 Å². The largest absolute Gasteiger partial charge is 0.378 e. The van der Waals surface area contributed by atoms with Crippen LogP contribution in [-0.4, -0.2) is 10.1 Å². The van der Waals surface area contributed by atoms with Crippen LogP contribution in [0.1, 0.15) is 17.7 Å². The molecule has 2 nitrogen and oxygen atoms in total. The van der Waals surface area contributed by atoms with E-state index in [0.29, 0.717) is 10.5 Å². The smallest absolute Gasteiger partial charge is 0.322 e. The highest BCUT2D eigenvalue weighted by Crippen LogP contribution is 2.47. The minimum Gasteiger partial charge on any atom is -0.378 e. The molecule has 1 heterocycles. The molecule has 23 heavy (non-hydrogen) atoms. The van der Waals surface area contributed by atoms with Crippen molar-refractivity contribution in [2.75, 3.05) is 0 Å². The molecule has 7 heteroatoms. The van der Waals surface area contributed by atoms with Crippen molar-refractivity contribution in [3.05, 3.63) is 76.5 Å². The molecule has 122 valence electrons. The van der Waals surface area contributed by atoms with E-state index in [1.165, 1.54) is 6.07 Å². The first kappa shape index (κ1) is 17.6. The van der Waals surface area contributed by atoms with Gasteiger partial charge in [-0.15, -0.1) is 6.58 Å². The number of benzene rings is 1. The van der Waals surface area contributed by atoms with Gasteiger partial charge in [0, 0.05) is 28.7 Å². The highest BCUT2D eigenvalue weighted by molar-refractivity contribution is 9.10. The first-order valence-corrected chi connectivity index (χ1v) is 7.30. The third kappa shape index (κ3) is 3.16. The van der Waals surface area contributed by atoms with E-state index in [2.05, 4.69) is 27.5 Å². The molecule has 0 aliphatic rings. The summed E-state index contributed by atoms with van der Waals surface area (Å²) in [4.78, 5) is 3.58. The van der Waals surface area contributed by atoms with Crippen LogP contribution in [0.25, 0.3) is 0 Å². The fourth-order valence-electron chi connectivity index (χ4n) is 2.21. The van der Waals surface area contributed by atoms with Crippen LogP contribution in [0.2, 0.25) is 0 Å². The Morgan fingerprint density at radius 3 is 2.43 bits per heavy atom. The van der Waals surface area contributed by atoms with Gasteiger partial charge in [0.2, 0.25) is 0 Å². The predicted molar refractivity (Wildman–Crippen MR) is 80.9 cm³/mol. The number of aromatic nitrogens is 1. The van der Waals surface area contributed by atoms with Crippen molar-refractivity contribution in [1.29, 1.82) is 0 Å². The van der Waals surface area contributed by atoms with Gasteiger partial charge >= 0.3 is 5.92 Å². The molecule has 0 aliphatic carbocycles. The van der Waals surface area contributed by atoms with Gasteiger partial charge in [-0.3, -0.25) is 4.98 Å². The number of halogens is 5. The van der Waals surface area contributed by atoms with Gasteiger partial charge in [-0.05, 0) is 34.1 Å². The van der Waals surface area contributed by atoms with Crippen LogP contribution < -0.4 is 0 Å². The van der Waals surface area contributed by atoms with E-state index < -0.39 is 40.8 Å². The molecular formula is C16H12BrF4NO. The molecule has 1 N–H and O–H groups in total. The molecule has 1 aromatic carbocycles. The van der Waals surface area contributed by atoms with Crippen LogP contribution in [0.4, 0.5) is 17.6 Å². The number of hydrogen-bond acceptors (Lipinski definition) is 2. The van der Waals surface area contributed by atoms with Crippen molar-refractivity contribution in [3.8, 4) is 0 Å². The monoisotopic (exact) mass is 389 g/mol. The minimum atomic E-state index is -3.93. The van der Waals surface area contributed by atoms with Gasteiger partial charge < -0.3 is 5.11 Å². The van der Waals surface area contributed by atoms with Crippen LogP contribution in [0.3, 0.4) is 0 Å². The van der Waals surface area contributed by atoms with Gasteiger partial charge in [0.25, 0.3) is 0 Å². The van der Waals surface area contributed by atoms with Crippen molar-refractivity contribution in [2.45, 2.75) is 17.9 Å². The number of alkyl halides is 2. The normalized spacial score (nSPS) is 14.3. The highest BCUT2D eigenvalue weighted by atomic mass is 79.9.